The molecule has 0 aliphatic rings. The van der Waals surface area contributed by atoms with Gasteiger partial charge in [-0.2, -0.15) is 0 Å². The molecule has 19 heavy (non-hydrogen) atoms. The van der Waals surface area contributed by atoms with Crippen molar-refractivity contribution in [2.75, 3.05) is 11.1 Å². The normalized spacial score (nSPS) is 10.3. The van der Waals surface area contributed by atoms with Crippen LogP contribution in [0.25, 0.3) is 0 Å². The molecule has 6 heteroatoms. The molecule has 0 atom stereocenters. The second-order valence-electron chi connectivity index (χ2n) is 3.82. The average molecular weight is 344 g/mol. The van der Waals surface area contributed by atoms with Gasteiger partial charge in [-0.1, -0.05) is 27.5 Å². The van der Waals surface area contributed by atoms with E-state index in [4.69, 9.17) is 17.3 Å². The third-order valence-electron chi connectivity index (χ3n) is 2.41. The molecular formula is C13H9BrClFN2O. The molecule has 1 amide bonds. The van der Waals surface area contributed by atoms with Crippen LogP contribution in [-0.2, 0) is 0 Å². The first-order chi connectivity index (χ1) is 8.97. The minimum atomic E-state index is -0.641. The van der Waals surface area contributed by atoms with Crippen LogP contribution in [0.15, 0.2) is 40.9 Å². The summed E-state index contributed by atoms with van der Waals surface area (Å²) in [6, 6.07) is 8.79. The summed E-state index contributed by atoms with van der Waals surface area (Å²) in [5.74, 6) is -1.25. The summed E-state index contributed by atoms with van der Waals surface area (Å²) in [6.07, 6.45) is 0. The van der Waals surface area contributed by atoms with Crippen molar-refractivity contribution in [3.8, 4) is 0 Å². The first kappa shape index (κ1) is 13.8. The summed E-state index contributed by atoms with van der Waals surface area (Å²) in [5, 5.41) is 2.90. The van der Waals surface area contributed by atoms with Crippen molar-refractivity contribution in [1.82, 2.24) is 0 Å². The van der Waals surface area contributed by atoms with E-state index in [1.54, 1.807) is 18.2 Å². The van der Waals surface area contributed by atoms with Crippen molar-refractivity contribution in [3.63, 3.8) is 0 Å². The number of anilines is 2. The van der Waals surface area contributed by atoms with Crippen molar-refractivity contribution in [2.24, 2.45) is 0 Å². The van der Waals surface area contributed by atoms with Gasteiger partial charge in [0.15, 0.2) is 0 Å². The van der Waals surface area contributed by atoms with Gasteiger partial charge in [-0.15, -0.1) is 0 Å². The molecule has 0 unspecified atom stereocenters. The van der Waals surface area contributed by atoms with Crippen molar-refractivity contribution in [3.05, 3.63) is 57.3 Å². The quantitative estimate of drug-likeness (QED) is 0.807. The van der Waals surface area contributed by atoms with E-state index in [2.05, 4.69) is 21.2 Å². The van der Waals surface area contributed by atoms with Crippen LogP contribution in [0.2, 0.25) is 5.02 Å². The summed E-state index contributed by atoms with van der Waals surface area (Å²) >= 11 is 9.21. The first-order valence-corrected chi connectivity index (χ1v) is 6.46. The highest BCUT2D eigenvalue weighted by molar-refractivity contribution is 9.10. The van der Waals surface area contributed by atoms with Crippen LogP contribution in [0.5, 0.6) is 0 Å². The molecule has 0 fully saturated rings. The highest BCUT2D eigenvalue weighted by Gasteiger charge is 2.13. The summed E-state index contributed by atoms with van der Waals surface area (Å²) < 4.78 is 14.3. The van der Waals surface area contributed by atoms with Crippen LogP contribution in [0, 0.1) is 5.82 Å². The molecule has 0 saturated carbocycles. The zero-order valence-electron chi connectivity index (χ0n) is 9.58. The fourth-order valence-electron chi connectivity index (χ4n) is 1.50. The van der Waals surface area contributed by atoms with E-state index in [-0.39, 0.29) is 5.56 Å². The van der Waals surface area contributed by atoms with Crippen molar-refractivity contribution >= 4 is 44.8 Å². The zero-order chi connectivity index (χ0) is 14.0. The van der Waals surface area contributed by atoms with Gasteiger partial charge in [0.1, 0.15) is 5.82 Å². The van der Waals surface area contributed by atoms with E-state index >= 15 is 0 Å². The van der Waals surface area contributed by atoms with Gasteiger partial charge in [0.2, 0.25) is 0 Å². The highest BCUT2D eigenvalue weighted by atomic mass is 79.9. The molecule has 0 bridgehead atoms. The smallest absolute Gasteiger partial charge is 0.258 e. The molecule has 2 aromatic carbocycles. The summed E-state index contributed by atoms with van der Waals surface area (Å²) in [6.45, 7) is 0. The van der Waals surface area contributed by atoms with Gasteiger partial charge in [0, 0.05) is 10.2 Å². The summed E-state index contributed by atoms with van der Waals surface area (Å²) in [7, 11) is 0. The predicted octanol–water partition coefficient (Wildman–Crippen LogP) is 4.08. The topological polar surface area (TPSA) is 55.1 Å². The second-order valence-corrected chi connectivity index (χ2v) is 5.14. The Bertz CT molecular complexity index is 649. The Hall–Kier alpha value is -1.59. The average Bonchev–Trinajstić information content (AvgIpc) is 2.36. The van der Waals surface area contributed by atoms with Gasteiger partial charge >= 0.3 is 0 Å². The number of hydrogen-bond acceptors (Lipinski definition) is 2. The fraction of sp³-hybridized carbons (Fsp3) is 0. The fourth-order valence-corrected chi connectivity index (χ4v) is 2.03. The Morgan fingerprint density at radius 1 is 1.26 bits per heavy atom. The van der Waals surface area contributed by atoms with Gasteiger partial charge in [-0.25, -0.2) is 4.39 Å². The highest BCUT2D eigenvalue weighted by Crippen LogP contribution is 2.26. The molecule has 3 nitrogen and oxygen atoms in total. The Labute approximate surface area is 122 Å². The number of amides is 1. The number of rotatable bonds is 2. The van der Waals surface area contributed by atoms with Crippen molar-refractivity contribution in [1.29, 1.82) is 0 Å². The molecule has 0 aromatic heterocycles. The van der Waals surface area contributed by atoms with Gasteiger partial charge in [-0.05, 0) is 36.4 Å². The number of benzene rings is 2. The van der Waals surface area contributed by atoms with Gasteiger partial charge in [-0.3, -0.25) is 4.79 Å². The lowest BCUT2D eigenvalue weighted by molar-refractivity contribution is 0.102. The van der Waals surface area contributed by atoms with E-state index in [1.165, 1.54) is 12.1 Å². The van der Waals surface area contributed by atoms with Crippen molar-refractivity contribution < 1.29 is 9.18 Å². The number of halogens is 3. The Morgan fingerprint density at radius 2 is 2.00 bits per heavy atom. The maximum Gasteiger partial charge on any atom is 0.258 e. The maximum atomic E-state index is 13.5. The lowest BCUT2D eigenvalue weighted by Gasteiger charge is -2.09. The molecule has 0 radical (unpaired) electrons. The lowest BCUT2D eigenvalue weighted by Crippen LogP contribution is -2.14. The molecular weight excluding hydrogens is 335 g/mol. The molecule has 3 N–H and O–H groups in total. The number of nitrogens with two attached hydrogens (primary N) is 1. The molecule has 0 aliphatic heterocycles. The zero-order valence-corrected chi connectivity index (χ0v) is 11.9. The van der Waals surface area contributed by atoms with Crippen LogP contribution in [0.1, 0.15) is 10.4 Å². The van der Waals surface area contributed by atoms with Crippen LogP contribution in [-0.4, -0.2) is 5.91 Å². The van der Waals surface area contributed by atoms with Gasteiger partial charge in [0.05, 0.1) is 16.3 Å². The molecule has 0 spiro atoms. The molecule has 0 aliphatic carbocycles. The van der Waals surface area contributed by atoms with Crippen molar-refractivity contribution in [2.45, 2.75) is 0 Å². The second kappa shape index (κ2) is 5.59. The van der Waals surface area contributed by atoms with Crippen LogP contribution >= 0.6 is 27.5 Å². The predicted molar refractivity (Wildman–Crippen MR) is 77.9 cm³/mol. The van der Waals surface area contributed by atoms with E-state index in [1.807, 2.05) is 0 Å². The standard InChI is InChI=1S/C13H9BrClFN2O/c14-7-1-3-10(15)12(5-7)18-13(19)9-6-8(17)2-4-11(9)16/h1-6H,17H2,(H,18,19). The van der Waals surface area contributed by atoms with E-state index in [0.29, 0.717) is 16.4 Å². The Morgan fingerprint density at radius 3 is 2.74 bits per heavy atom. The monoisotopic (exact) mass is 342 g/mol. The van der Waals surface area contributed by atoms with E-state index in [0.717, 1.165) is 10.5 Å². The Kier molecular flexibility index (Phi) is 4.07. The third kappa shape index (κ3) is 3.24. The number of nitrogen functional groups attached to an aromatic ring is 1. The largest absolute Gasteiger partial charge is 0.399 e. The maximum absolute atomic E-state index is 13.5. The summed E-state index contributed by atoms with van der Waals surface area (Å²) in [5.41, 5.74) is 6.11. The van der Waals surface area contributed by atoms with Crippen LogP contribution in [0.4, 0.5) is 15.8 Å². The lowest BCUT2D eigenvalue weighted by atomic mass is 10.1. The van der Waals surface area contributed by atoms with Crippen LogP contribution < -0.4 is 11.1 Å². The third-order valence-corrected chi connectivity index (χ3v) is 3.23. The minimum absolute atomic E-state index is 0.129. The van der Waals surface area contributed by atoms with Crippen LogP contribution in [0.3, 0.4) is 0 Å². The van der Waals surface area contributed by atoms with Gasteiger partial charge < -0.3 is 11.1 Å². The number of hydrogen-bond donors (Lipinski definition) is 2. The minimum Gasteiger partial charge on any atom is -0.399 e. The number of carbonyl (C=O) groups excluding carboxylic acids is 1. The molecule has 0 heterocycles. The van der Waals surface area contributed by atoms with Gasteiger partial charge in [0.25, 0.3) is 5.91 Å². The van der Waals surface area contributed by atoms with E-state index in [9.17, 15) is 9.18 Å². The molecule has 0 saturated heterocycles. The summed E-state index contributed by atoms with van der Waals surface area (Å²) in [4.78, 5) is 12.0. The molecule has 98 valence electrons. The van der Waals surface area contributed by atoms with E-state index < -0.39 is 11.7 Å². The SMILES string of the molecule is Nc1ccc(F)c(C(=O)Nc2cc(Br)ccc2Cl)c1. The Balaban J connectivity index is 2.30. The molecule has 2 rings (SSSR count). The molecule has 2 aromatic rings. The number of nitrogens with one attached hydrogen (secondary N) is 1. The number of carbonyl (C=O) groups is 1. The first-order valence-electron chi connectivity index (χ1n) is 5.29.